The minimum Gasteiger partial charge on any atom is -0.496 e. The second-order valence-electron chi connectivity index (χ2n) is 7.04. The van der Waals surface area contributed by atoms with Crippen molar-refractivity contribution in [2.24, 2.45) is 0 Å². The number of furan rings is 2. The third-order valence-corrected chi connectivity index (χ3v) is 4.84. The molecule has 2 N–H and O–H groups in total. The van der Waals surface area contributed by atoms with Crippen molar-refractivity contribution < 1.29 is 36.6 Å². The molecule has 0 fully saturated rings. The van der Waals surface area contributed by atoms with Crippen molar-refractivity contribution in [2.45, 2.75) is 12.8 Å². The van der Waals surface area contributed by atoms with Gasteiger partial charge >= 0.3 is 6.18 Å². The van der Waals surface area contributed by atoms with Gasteiger partial charge in [-0.3, -0.25) is 4.79 Å². The van der Waals surface area contributed by atoms with E-state index in [9.17, 15) is 23.1 Å². The Balaban J connectivity index is 1.56. The van der Waals surface area contributed by atoms with Crippen LogP contribution in [0.3, 0.4) is 0 Å². The molecule has 1 amide bonds. The smallest absolute Gasteiger partial charge is 0.416 e. The average Bonchev–Trinajstić information content (AvgIpc) is 3.48. The van der Waals surface area contributed by atoms with Crippen LogP contribution < -0.4 is 10.1 Å². The number of aliphatic hydroxyl groups excluding tert-OH is 1. The van der Waals surface area contributed by atoms with Crippen molar-refractivity contribution >= 4 is 11.6 Å². The van der Waals surface area contributed by atoms with Crippen LogP contribution in [0.1, 0.15) is 21.9 Å². The quantitative estimate of drug-likeness (QED) is 0.372. The number of halogens is 3. The topological polar surface area (TPSA) is 84.8 Å². The van der Waals surface area contributed by atoms with Gasteiger partial charge in [0.2, 0.25) is 0 Å². The number of ether oxygens (including phenoxy) is 1. The zero-order valence-corrected chi connectivity index (χ0v) is 17.3. The monoisotopic (exact) mass is 457 g/mol. The lowest BCUT2D eigenvalue weighted by Crippen LogP contribution is -2.11. The number of carbonyl (C=O) groups is 1. The van der Waals surface area contributed by atoms with E-state index in [2.05, 4.69) is 5.32 Å². The maximum absolute atomic E-state index is 13.0. The Bertz CT molecular complexity index is 1290. The van der Waals surface area contributed by atoms with Crippen LogP contribution in [0.5, 0.6) is 5.75 Å². The average molecular weight is 457 g/mol. The number of nitrogens with one attached hydrogen (secondary N) is 1. The van der Waals surface area contributed by atoms with Crippen LogP contribution in [0.25, 0.3) is 22.6 Å². The Kier molecular flexibility index (Phi) is 5.97. The van der Waals surface area contributed by atoms with Gasteiger partial charge in [0.25, 0.3) is 5.91 Å². The molecule has 0 spiro atoms. The fraction of sp³-hybridized carbons (Fsp3) is 0.125. The lowest BCUT2D eigenvalue weighted by Gasteiger charge is -2.10. The summed E-state index contributed by atoms with van der Waals surface area (Å²) in [6, 6.07) is 15.7. The number of amides is 1. The largest absolute Gasteiger partial charge is 0.496 e. The molecule has 0 atom stereocenters. The van der Waals surface area contributed by atoms with Gasteiger partial charge in [0, 0.05) is 11.3 Å². The normalized spacial score (nSPS) is 11.4. The number of carbonyl (C=O) groups excluding carboxylic acids is 1. The Labute approximate surface area is 186 Å². The second kappa shape index (κ2) is 8.87. The van der Waals surface area contributed by atoms with Crippen LogP contribution in [0, 0.1) is 0 Å². The van der Waals surface area contributed by atoms with E-state index in [0.29, 0.717) is 28.5 Å². The molecule has 0 bridgehead atoms. The summed E-state index contributed by atoms with van der Waals surface area (Å²) in [7, 11) is 1.49. The van der Waals surface area contributed by atoms with Crippen molar-refractivity contribution in [3.05, 3.63) is 83.8 Å². The second-order valence-corrected chi connectivity index (χ2v) is 7.04. The summed E-state index contributed by atoms with van der Waals surface area (Å²) in [5, 5.41) is 11.9. The number of rotatable bonds is 6. The number of anilines is 1. The first kappa shape index (κ1) is 22.2. The maximum Gasteiger partial charge on any atom is 0.416 e. The molecule has 33 heavy (non-hydrogen) atoms. The summed E-state index contributed by atoms with van der Waals surface area (Å²) in [4.78, 5) is 12.7. The molecular weight excluding hydrogens is 439 g/mol. The predicted octanol–water partition coefficient (Wildman–Crippen LogP) is 5.98. The highest BCUT2D eigenvalue weighted by atomic mass is 19.4. The number of aliphatic hydroxyl groups is 1. The van der Waals surface area contributed by atoms with Crippen molar-refractivity contribution in [1.29, 1.82) is 0 Å². The van der Waals surface area contributed by atoms with E-state index < -0.39 is 17.6 Å². The zero-order chi connectivity index (χ0) is 23.6. The lowest BCUT2D eigenvalue weighted by molar-refractivity contribution is -0.137. The molecule has 170 valence electrons. The number of benzene rings is 2. The van der Waals surface area contributed by atoms with E-state index in [-0.39, 0.29) is 23.7 Å². The van der Waals surface area contributed by atoms with Crippen molar-refractivity contribution in [3.8, 4) is 28.4 Å². The van der Waals surface area contributed by atoms with Gasteiger partial charge in [-0.05, 0) is 54.6 Å². The molecule has 0 unspecified atom stereocenters. The van der Waals surface area contributed by atoms with Crippen LogP contribution in [-0.4, -0.2) is 18.1 Å². The summed E-state index contributed by atoms with van der Waals surface area (Å²) in [6.07, 6.45) is -4.49. The molecular formula is C24H18F3NO5. The standard InChI is InChI=1S/C24H18F3NO5/c1-31-20-7-5-16(12-18(20)21-8-6-17(13-29)32-21)28-23(30)22-10-9-19(33-22)14-3-2-4-15(11-14)24(25,26)27/h2-12,29H,13H2,1H3,(H,28,30). The summed E-state index contributed by atoms with van der Waals surface area (Å²) in [6.45, 7) is -0.258. The van der Waals surface area contributed by atoms with Gasteiger partial charge in [-0.25, -0.2) is 0 Å². The molecule has 2 aromatic heterocycles. The first-order chi connectivity index (χ1) is 15.8. The SMILES string of the molecule is COc1ccc(NC(=O)c2ccc(-c3cccc(C(F)(F)F)c3)o2)cc1-c1ccc(CO)o1. The molecule has 0 radical (unpaired) electrons. The van der Waals surface area contributed by atoms with Crippen LogP contribution in [0.2, 0.25) is 0 Å². The van der Waals surface area contributed by atoms with E-state index in [1.807, 2.05) is 0 Å². The highest BCUT2D eigenvalue weighted by Crippen LogP contribution is 2.35. The van der Waals surface area contributed by atoms with E-state index >= 15 is 0 Å². The fourth-order valence-corrected chi connectivity index (χ4v) is 3.24. The third kappa shape index (κ3) is 4.78. The highest BCUT2D eigenvalue weighted by molar-refractivity contribution is 6.03. The molecule has 2 aromatic carbocycles. The molecule has 2 heterocycles. The van der Waals surface area contributed by atoms with Gasteiger partial charge in [0.1, 0.15) is 29.6 Å². The van der Waals surface area contributed by atoms with Gasteiger partial charge in [-0.2, -0.15) is 13.2 Å². The summed E-state index contributed by atoms with van der Waals surface area (Å²) in [5.41, 5.74) is 0.359. The fourth-order valence-electron chi connectivity index (χ4n) is 3.24. The number of hydrogen-bond acceptors (Lipinski definition) is 5. The van der Waals surface area contributed by atoms with E-state index in [0.717, 1.165) is 12.1 Å². The van der Waals surface area contributed by atoms with E-state index in [1.54, 1.807) is 30.3 Å². The van der Waals surface area contributed by atoms with Crippen LogP contribution in [0.4, 0.5) is 18.9 Å². The first-order valence-corrected chi connectivity index (χ1v) is 9.75. The van der Waals surface area contributed by atoms with Gasteiger partial charge in [0.15, 0.2) is 5.76 Å². The predicted molar refractivity (Wildman–Crippen MR) is 114 cm³/mol. The molecule has 4 rings (SSSR count). The molecule has 0 saturated carbocycles. The minimum atomic E-state index is -4.49. The summed E-state index contributed by atoms with van der Waals surface area (Å²) >= 11 is 0. The number of methoxy groups -OCH3 is 1. The van der Waals surface area contributed by atoms with Crippen molar-refractivity contribution in [3.63, 3.8) is 0 Å². The lowest BCUT2D eigenvalue weighted by atomic mass is 10.1. The van der Waals surface area contributed by atoms with Crippen molar-refractivity contribution in [2.75, 3.05) is 12.4 Å². The molecule has 0 aliphatic carbocycles. The molecule has 0 aliphatic heterocycles. The van der Waals surface area contributed by atoms with Crippen molar-refractivity contribution in [1.82, 2.24) is 0 Å². The van der Waals surface area contributed by atoms with Gasteiger partial charge < -0.3 is 24.0 Å². The van der Waals surface area contributed by atoms with Crippen LogP contribution in [0.15, 0.2) is 75.6 Å². The zero-order valence-electron chi connectivity index (χ0n) is 17.3. The molecule has 6 nitrogen and oxygen atoms in total. The third-order valence-electron chi connectivity index (χ3n) is 4.84. The Morgan fingerprint density at radius 1 is 1.00 bits per heavy atom. The van der Waals surface area contributed by atoms with E-state index in [1.165, 1.54) is 31.4 Å². The van der Waals surface area contributed by atoms with E-state index in [4.69, 9.17) is 13.6 Å². The molecule has 0 aliphatic rings. The first-order valence-electron chi connectivity index (χ1n) is 9.75. The highest BCUT2D eigenvalue weighted by Gasteiger charge is 2.30. The van der Waals surface area contributed by atoms with Gasteiger partial charge in [-0.15, -0.1) is 0 Å². The summed E-state index contributed by atoms with van der Waals surface area (Å²) < 4.78 is 55.3. The minimum absolute atomic E-state index is 0.0691. The Morgan fingerprint density at radius 2 is 1.79 bits per heavy atom. The van der Waals surface area contributed by atoms with Crippen LogP contribution in [-0.2, 0) is 12.8 Å². The molecule has 4 aromatic rings. The number of hydrogen-bond donors (Lipinski definition) is 2. The molecule has 0 saturated heterocycles. The Hall–Kier alpha value is -3.98. The Morgan fingerprint density at radius 3 is 2.48 bits per heavy atom. The number of alkyl halides is 3. The maximum atomic E-state index is 13.0. The summed E-state index contributed by atoms with van der Waals surface area (Å²) in [5.74, 6) is 0.793. The molecule has 9 heteroatoms. The van der Waals surface area contributed by atoms with Gasteiger partial charge in [0.05, 0.1) is 18.2 Å². The van der Waals surface area contributed by atoms with Gasteiger partial charge in [-0.1, -0.05) is 12.1 Å². The van der Waals surface area contributed by atoms with Crippen LogP contribution >= 0.6 is 0 Å².